The average Bonchev–Trinajstić information content (AvgIpc) is 1.86. The van der Waals surface area contributed by atoms with E-state index in [0.29, 0.717) is 0 Å². The van der Waals surface area contributed by atoms with Crippen LogP contribution >= 0.6 is 8.16 Å². The Bertz CT molecular complexity index is 176. The van der Waals surface area contributed by atoms with E-state index in [-0.39, 0.29) is 4.70 Å². The molecule has 1 rings (SSSR count). The molecule has 8 heteroatoms. The molecule has 1 nitrogen and oxygen atoms in total. The van der Waals surface area contributed by atoms with Gasteiger partial charge in [0.05, 0.1) is 0 Å². The minimum absolute atomic E-state index is 0. The van der Waals surface area contributed by atoms with E-state index in [4.69, 9.17) is 0 Å². The Hall–Kier alpha value is -0.840. The summed E-state index contributed by atoms with van der Waals surface area (Å²) in [5.41, 5.74) is 0. The van der Waals surface area contributed by atoms with Gasteiger partial charge in [0.25, 0.3) is 0 Å². The first-order valence-electron chi connectivity index (χ1n) is 2.86. The second-order valence-corrected chi connectivity index (χ2v) is 3.22. The van der Waals surface area contributed by atoms with Crippen LogP contribution < -0.4 is 4.98 Å². The summed E-state index contributed by atoms with van der Waals surface area (Å²) in [6.07, 6.45) is 3.75. The minimum atomic E-state index is -8.75. The molecule has 0 saturated heterocycles. The quantitative estimate of drug-likeness (QED) is 0.476. The largest absolute Gasteiger partial charge is 0.218 e. The Morgan fingerprint density at radius 3 is 1.15 bits per heavy atom. The molecule has 0 aliphatic carbocycles. The summed E-state index contributed by atoms with van der Waals surface area (Å²) in [5.74, 6) is 0. The third-order valence-corrected chi connectivity index (χ3v) is 0.607. The summed E-state index contributed by atoms with van der Waals surface area (Å²) in [4.78, 5) is 2.89. The molecule has 0 bridgehead atoms. The zero-order chi connectivity index (χ0) is 9.69. The van der Waals surface area contributed by atoms with Gasteiger partial charge in [-0.25, -0.2) is 4.98 Å². The van der Waals surface area contributed by atoms with E-state index in [1.165, 1.54) is 0 Å². The van der Waals surface area contributed by atoms with Crippen LogP contribution in [-0.4, -0.2) is 0 Å². The Balaban J connectivity index is 0. The van der Waals surface area contributed by atoms with Crippen LogP contribution in [0.2, 0.25) is 0 Å². The van der Waals surface area contributed by atoms with Crippen molar-refractivity contribution in [3.8, 4) is 0 Å². The van der Waals surface area contributed by atoms with Gasteiger partial charge in [0.15, 0.2) is 12.4 Å². The molecule has 1 aromatic rings. The third kappa shape index (κ3) is 35.2. The zero-order valence-corrected chi connectivity index (χ0v) is 7.18. The van der Waals surface area contributed by atoms with E-state index in [9.17, 15) is 21.0 Å². The number of pyridine rings is 1. The summed E-state index contributed by atoms with van der Waals surface area (Å²) in [5, 5.41) is 0. The van der Waals surface area contributed by atoms with Crippen molar-refractivity contribution < 1.29 is 30.7 Å². The first kappa shape index (κ1) is 14.7. The van der Waals surface area contributed by atoms with E-state index in [1.807, 2.05) is 30.6 Å². The van der Waals surface area contributed by atoms with Gasteiger partial charge in [-0.3, -0.25) is 4.70 Å². The van der Waals surface area contributed by atoms with Crippen molar-refractivity contribution in [1.82, 2.24) is 0 Å². The van der Waals surface area contributed by atoms with Gasteiger partial charge in [-0.2, -0.15) is 0 Å². The van der Waals surface area contributed by atoms with Gasteiger partial charge in [0.1, 0.15) is 0 Å². The summed E-state index contributed by atoms with van der Waals surface area (Å²) >= 11 is 0. The van der Waals surface area contributed by atoms with Gasteiger partial charge in [-0.1, -0.05) is 6.07 Å². The third-order valence-electron chi connectivity index (χ3n) is 0.607. The number of nitrogens with one attached hydrogen (secondary N) is 1. The smallest absolute Gasteiger partial charge is 0.166 e. The number of H-pyrrole nitrogens is 1. The van der Waals surface area contributed by atoms with Gasteiger partial charge < -0.3 is 0 Å². The Kier molecular flexibility index (Phi) is 5.66. The fourth-order valence-corrected chi connectivity index (χ4v) is 0.342. The monoisotopic (exact) mass is 227 g/mol. The van der Waals surface area contributed by atoms with Crippen molar-refractivity contribution in [1.29, 1.82) is 0 Å². The van der Waals surface area contributed by atoms with E-state index in [1.54, 1.807) is 0 Å². The molecule has 0 aliphatic heterocycles. The first-order chi connectivity index (χ1) is 5.24. The molecule has 0 aliphatic rings. The number of halogens is 6. The number of hydrogen-bond acceptors (Lipinski definition) is 0. The maximum atomic E-state index is 9.86. The molecular weight excluding hydrogens is 219 g/mol. The topological polar surface area (TPSA) is 14.1 Å². The Labute approximate surface area is 70.5 Å². The van der Waals surface area contributed by atoms with E-state index in [0.717, 1.165) is 0 Å². The van der Waals surface area contributed by atoms with Crippen molar-refractivity contribution >= 4 is 8.16 Å². The molecule has 1 aromatic heterocycles. The molecular formula is C5H8F6NP. The van der Waals surface area contributed by atoms with Gasteiger partial charge in [-0.05, 0) is 0 Å². The van der Waals surface area contributed by atoms with Crippen molar-refractivity contribution in [3.05, 3.63) is 30.6 Å². The second-order valence-electron chi connectivity index (χ2n) is 1.79. The molecule has 0 saturated carbocycles. The molecule has 0 spiro atoms. The minimum Gasteiger partial charge on any atom is -0.218 e. The van der Waals surface area contributed by atoms with Crippen molar-refractivity contribution in [2.24, 2.45) is 0 Å². The first-order valence-corrected chi connectivity index (χ1v) is 4.75. The van der Waals surface area contributed by atoms with Crippen LogP contribution in [-0.2, 0) is 0 Å². The number of aromatic nitrogens is 1. The van der Waals surface area contributed by atoms with Crippen LogP contribution in [0.5, 0.6) is 0 Å². The van der Waals surface area contributed by atoms with Crippen molar-refractivity contribution in [3.63, 3.8) is 0 Å². The molecule has 0 aromatic carbocycles. The SMILES string of the molecule is F.F[PH-](F)(F)(F)F.c1cc[nH+]cc1. The van der Waals surface area contributed by atoms with Crippen LogP contribution in [0, 0.1) is 0 Å². The van der Waals surface area contributed by atoms with Crippen molar-refractivity contribution in [2.75, 3.05) is 0 Å². The van der Waals surface area contributed by atoms with Crippen LogP contribution in [0.3, 0.4) is 0 Å². The fraction of sp³-hybridized carbons (Fsp3) is 0. The van der Waals surface area contributed by atoms with Gasteiger partial charge in [0, 0.05) is 12.1 Å². The zero-order valence-electron chi connectivity index (χ0n) is 6.18. The molecule has 13 heavy (non-hydrogen) atoms. The summed E-state index contributed by atoms with van der Waals surface area (Å²) in [7, 11) is -8.75. The molecule has 1 heterocycles. The standard InChI is InChI=1S/C5H5N.F5HP.FH/c1-2-4-6-5-3-1;1-6(2,3,4)5;/h1-5H;6H;1H/q;-1;/p+1. The molecule has 0 atom stereocenters. The number of rotatable bonds is 0. The molecule has 0 amide bonds. The number of aromatic amines is 1. The molecule has 0 radical (unpaired) electrons. The van der Waals surface area contributed by atoms with Gasteiger partial charge in [0.2, 0.25) is 0 Å². The van der Waals surface area contributed by atoms with Gasteiger partial charge in [-0.15, -0.1) is 0 Å². The Morgan fingerprint density at radius 1 is 0.769 bits per heavy atom. The predicted octanol–water partition coefficient (Wildman–Crippen LogP) is 3.35. The average molecular weight is 227 g/mol. The van der Waals surface area contributed by atoms with Gasteiger partial charge >= 0.3 is 29.1 Å². The molecule has 1 N–H and O–H groups in total. The molecule has 0 fully saturated rings. The Morgan fingerprint density at radius 2 is 1.08 bits per heavy atom. The maximum absolute atomic E-state index is 9.86. The molecule has 80 valence electrons. The van der Waals surface area contributed by atoms with E-state index < -0.39 is 8.16 Å². The second kappa shape index (κ2) is 5.01. The number of hydrogen-bond donors (Lipinski definition) is 0. The van der Waals surface area contributed by atoms with Crippen LogP contribution in [0.15, 0.2) is 30.6 Å². The summed E-state index contributed by atoms with van der Waals surface area (Å²) in [6, 6.07) is 5.86. The van der Waals surface area contributed by atoms with Crippen LogP contribution in [0.4, 0.5) is 25.7 Å². The maximum Gasteiger partial charge on any atom is 0.166 e. The molecule has 0 unspecified atom stereocenters. The van der Waals surface area contributed by atoms with Crippen LogP contribution in [0.1, 0.15) is 0 Å². The summed E-state index contributed by atoms with van der Waals surface area (Å²) < 4.78 is 49.3. The summed E-state index contributed by atoms with van der Waals surface area (Å²) in [6.45, 7) is 0. The van der Waals surface area contributed by atoms with E-state index in [2.05, 4.69) is 4.98 Å². The van der Waals surface area contributed by atoms with Crippen LogP contribution in [0.25, 0.3) is 0 Å². The normalized spacial score (nSPS) is 12.5. The predicted molar refractivity (Wildman–Crippen MR) is 39.4 cm³/mol. The van der Waals surface area contributed by atoms with E-state index >= 15 is 0 Å². The van der Waals surface area contributed by atoms with Crippen molar-refractivity contribution in [2.45, 2.75) is 0 Å². The fourth-order valence-electron chi connectivity index (χ4n) is 0.342.